The zero-order valence-corrected chi connectivity index (χ0v) is 12.2. The summed E-state index contributed by atoms with van der Waals surface area (Å²) in [5, 5.41) is 3.02. The number of fused-ring (bicyclic) bond motifs is 1. The zero-order chi connectivity index (χ0) is 13.9. The molecule has 2 aliphatic rings. The molecule has 1 N–H and O–H groups in total. The van der Waals surface area contributed by atoms with E-state index in [0.29, 0.717) is 13.0 Å². The molecule has 5 heteroatoms. The maximum atomic E-state index is 11.9. The van der Waals surface area contributed by atoms with Gasteiger partial charge in [0.1, 0.15) is 0 Å². The van der Waals surface area contributed by atoms with Gasteiger partial charge >= 0.3 is 0 Å². The number of rotatable bonds is 4. The predicted octanol–water partition coefficient (Wildman–Crippen LogP) is 2.67. The number of aryl methyl sites for hydroxylation is 2. The molecular formula is C15H18N2O2S. The Balaban J connectivity index is 1.52. The Morgan fingerprint density at radius 3 is 2.95 bits per heavy atom. The van der Waals surface area contributed by atoms with E-state index in [-0.39, 0.29) is 11.1 Å². The number of nitrogens with zero attached hydrogens (tertiary/aromatic N) is 1. The molecule has 20 heavy (non-hydrogen) atoms. The highest BCUT2D eigenvalue weighted by Crippen LogP contribution is 2.25. The van der Waals surface area contributed by atoms with Gasteiger partial charge in [0, 0.05) is 31.0 Å². The van der Waals surface area contributed by atoms with Crippen LogP contribution in [0.15, 0.2) is 18.2 Å². The number of amides is 2. The first-order chi connectivity index (χ1) is 9.72. The van der Waals surface area contributed by atoms with E-state index in [1.807, 2.05) is 6.07 Å². The molecule has 4 nitrogen and oxygen atoms in total. The van der Waals surface area contributed by atoms with Crippen LogP contribution in [-0.2, 0) is 17.6 Å². The second-order valence-electron chi connectivity index (χ2n) is 5.24. The third-order valence-electron chi connectivity index (χ3n) is 3.84. The standard InChI is InChI=1S/C15H18N2O2S/c18-14(6-7-17-8-9-20-15(17)19)16-13-5-4-11-2-1-3-12(11)10-13/h4-5,10H,1-3,6-9H2,(H,16,18). The van der Waals surface area contributed by atoms with Crippen molar-refractivity contribution in [1.82, 2.24) is 4.90 Å². The van der Waals surface area contributed by atoms with Crippen LogP contribution in [0, 0.1) is 0 Å². The van der Waals surface area contributed by atoms with E-state index in [1.165, 1.54) is 29.3 Å². The number of carbonyl (C=O) groups excluding carboxylic acids is 2. The molecule has 0 aromatic heterocycles. The number of thioether (sulfide) groups is 1. The first-order valence-electron chi connectivity index (χ1n) is 7.06. The average Bonchev–Trinajstić information content (AvgIpc) is 3.04. The third kappa shape index (κ3) is 2.98. The van der Waals surface area contributed by atoms with Crippen LogP contribution in [0.4, 0.5) is 10.5 Å². The van der Waals surface area contributed by atoms with Crippen LogP contribution in [0.3, 0.4) is 0 Å². The zero-order valence-electron chi connectivity index (χ0n) is 11.4. The van der Waals surface area contributed by atoms with Gasteiger partial charge in [-0.05, 0) is 42.5 Å². The maximum absolute atomic E-state index is 11.9. The molecule has 1 aliphatic carbocycles. The van der Waals surface area contributed by atoms with Crippen molar-refractivity contribution in [2.45, 2.75) is 25.7 Å². The molecule has 1 aromatic carbocycles. The summed E-state index contributed by atoms with van der Waals surface area (Å²) >= 11 is 1.33. The Hall–Kier alpha value is -1.49. The molecular weight excluding hydrogens is 272 g/mol. The van der Waals surface area contributed by atoms with Crippen molar-refractivity contribution in [3.63, 3.8) is 0 Å². The first kappa shape index (κ1) is 13.5. The van der Waals surface area contributed by atoms with Gasteiger partial charge in [-0.1, -0.05) is 17.8 Å². The fourth-order valence-electron chi connectivity index (χ4n) is 2.74. The summed E-state index contributed by atoms with van der Waals surface area (Å²) in [7, 11) is 0. The Morgan fingerprint density at radius 1 is 1.30 bits per heavy atom. The van der Waals surface area contributed by atoms with Crippen molar-refractivity contribution >= 4 is 28.6 Å². The lowest BCUT2D eigenvalue weighted by Gasteiger charge is -2.14. The Bertz CT molecular complexity index is 545. The summed E-state index contributed by atoms with van der Waals surface area (Å²) < 4.78 is 0. The van der Waals surface area contributed by atoms with E-state index in [9.17, 15) is 9.59 Å². The molecule has 0 bridgehead atoms. The van der Waals surface area contributed by atoms with Gasteiger partial charge < -0.3 is 10.2 Å². The van der Waals surface area contributed by atoms with E-state index < -0.39 is 0 Å². The highest BCUT2D eigenvalue weighted by molar-refractivity contribution is 8.13. The number of carbonyl (C=O) groups is 2. The topological polar surface area (TPSA) is 49.4 Å². The van der Waals surface area contributed by atoms with Crippen LogP contribution in [0.1, 0.15) is 24.0 Å². The predicted molar refractivity (Wildman–Crippen MR) is 81.1 cm³/mol. The minimum Gasteiger partial charge on any atom is -0.332 e. The normalized spacial score (nSPS) is 17.4. The minimum absolute atomic E-state index is 0.0207. The summed E-state index contributed by atoms with van der Waals surface area (Å²) in [6.45, 7) is 1.28. The molecule has 1 saturated heterocycles. The van der Waals surface area contributed by atoms with Crippen molar-refractivity contribution in [1.29, 1.82) is 0 Å². The Kier molecular flexibility index (Phi) is 3.96. The van der Waals surface area contributed by atoms with Crippen molar-refractivity contribution in [3.05, 3.63) is 29.3 Å². The molecule has 0 saturated carbocycles. The smallest absolute Gasteiger partial charge is 0.281 e. The summed E-state index contributed by atoms with van der Waals surface area (Å²) in [6, 6.07) is 6.16. The van der Waals surface area contributed by atoms with Crippen LogP contribution in [-0.4, -0.2) is 34.9 Å². The molecule has 0 radical (unpaired) electrons. The summed E-state index contributed by atoms with van der Waals surface area (Å²) in [5.74, 6) is 0.818. The SMILES string of the molecule is O=C(CCN1CCSC1=O)Nc1ccc2c(c1)CCC2. The second kappa shape index (κ2) is 5.87. The van der Waals surface area contributed by atoms with Crippen LogP contribution in [0.2, 0.25) is 0 Å². The third-order valence-corrected chi connectivity index (χ3v) is 4.73. The number of nitrogens with one attached hydrogen (secondary N) is 1. The number of benzene rings is 1. The lowest BCUT2D eigenvalue weighted by Crippen LogP contribution is -2.27. The van der Waals surface area contributed by atoms with E-state index in [2.05, 4.69) is 17.4 Å². The molecule has 0 spiro atoms. The molecule has 3 rings (SSSR count). The molecule has 2 amide bonds. The van der Waals surface area contributed by atoms with Gasteiger partial charge in [0.15, 0.2) is 0 Å². The highest BCUT2D eigenvalue weighted by atomic mass is 32.2. The van der Waals surface area contributed by atoms with Crippen LogP contribution in [0.5, 0.6) is 0 Å². The monoisotopic (exact) mass is 290 g/mol. The van der Waals surface area contributed by atoms with Crippen LogP contribution >= 0.6 is 11.8 Å². The molecule has 1 aromatic rings. The van der Waals surface area contributed by atoms with E-state index in [4.69, 9.17) is 0 Å². The molecule has 106 valence electrons. The van der Waals surface area contributed by atoms with Gasteiger partial charge in [0.2, 0.25) is 5.91 Å². The molecule has 1 fully saturated rings. The van der Waals surface area contributed by atoms with E-state index >= 15 is 0 Å². The summed E-state index contributed by atoms with van der Waals surface area (Å²) in [6.07, 6.45) is 3.84. The van der Waals surface area contributed by atoms with Crippen LogP contribution < -0.4 is 5.32 Å². The number of hydrogen-bond acceptors (Lipinski definition) is 3. The van der Waals surface area contributed by atoms with Gasteiger partial charge in [-0.15, -0.1) is 0 Å². The summed E-state index contributed by atoms with van der Waals surface area (Å²) in [4.78, 5) is 25.1. The van der Waals surface area contributed by atoms with Gasteiger partial charge in [0.05, 0.1) is 0 Å². The van der Waals surface area contributed by atoms with Crippen molar-refractivity contribution < 1.29 is 9.59 Å². The fourth-order valence-corrected chi connectivity index (χ4v) is 3.59. The van der Waals surface area contributed by atoms with Crippen molar-refractivity contribution in [2.75, 3.05) is 24.2 Å². The highest BCUT2D eigenvalue weighted by Gasteiger charge is 2.21. The minimum atomic E-state index is -0.0207. The molecule has 1 heterocycles. The molecule has 0 atom stereocenters. The van der Waals surface area contributed by atoms with Crippen molar-refractivity contribution in [2.24, 2.45) is 0 Å². The van der Waals surface area contributed by atoms with Crippen LogP contribution in [0.25, 0.3) is 0 Å². The second-order valence-corrected chi connectivity index (χ2v) is 6.28. The maximum Gasteiger partial charge on any atom is 0.281 e. The summed E-state index contributed by atoms with van der Waals surface area (Å²) in [5.41, 5.74) is 3.63. The van der Waals surface area contributed by atoms with Gasteiger partial charge in [-0.3, -0.25) is 9.59 Å². The molecule has 1 aliphatic heterocycles. The number of hydrogen-bond donors (Lipinski definition) is 1. The van der Waals surface area contributed by atoms with Gasteiger partial charge in [0.25, 0.3) is 5.24 Å². The lowest BCUT2D eigenvalue weighted by molar-refractivity contribution is -0.116. The van der Waals surface area contributed by atoms with E-state index in [0.717, 1.165) is 30.8 Å². The quantitative estimate of drug-likeness (QED) is 0.927. The lowest BCUT2D eigenvalue weighted by atomic mass is 10.1. The van der Waals surface area contributed by atoms with E-state index in [1.54, 1.807) is 4.90 Å². The first-order valence-corrected chi connectivity index (χ1v) is 8.04. The number of anilines is 1. The Morgan fingerprint density at radius 2 is 2.15 bits per heavy atom. The largest absolute Gasteiger partial charge is 0.332 e. The average molecular weight is 290 g/mol. The fraction of sp³-hybridized carbons (Fsp3) is 0.467. The van der Waals surface area contributed by atoms with Gasteiger partial charge in [-0.25, -0.2) is 0 Å². The molecule has 0 unspecified atom stereocenters. The van der Waals surface area contributed by atoms with Crippen molar-refractivity contribution in [3.8, 4) is 0 Å². The Labute approximate surface area is 122 Å². The van der Waals surface area contributed by atoms with Gasteiger partial charge in [-0.2, -0.15) is 0 Å².